The molecule has 2 aliphatic rings. The van der Waals surface area contributed by atoms with Crippen molar-refractivity contribution in [2.45, 2.75) is 46.0 Å². The number of carboxylic acid groups (broad SMARTS) is 1. The van der Waals surface area contributed by atoms with Crippen LogP contribution in [0.3, 0.4) is 0 Å². The monoisotopic (exact) mass is 194 g/mol. The van der Waals surface area contributed by atoms with Gasteiger partial charge in [-0.25, -0.2) is 0 Å². The standard InChI is InChI=1S/C12H18O2/c1-11(2)8-12(11,10(13)14)7-9-5-3-4-6-9/h7H,3-6,8H2,1-2H3,(H,13,14). The summed E-state index contributed by atoms with van der Waals surface area (Å²) in [7, 11) is 0. The highest BCUT2D eigenvalue weighted by Crippen LogP contribution is 2.65. The first-order chi connectivity index (χ1) is 6.48. The van der Waals surface area contributed by atoms with Gasteiger partial charge in [-0.2, -0.15) is 0 Å². The van der Waals surface area contributed by atoms with E-state index in [0.29, 0.717) is 0 Å². The lowest BCUT2D eigenvalue weighted by Crippen LogP contribution is -2.18. The van der Waals surface area contributed by atoms with Gasteiger partial charge in [0.1, 0.15) is 0 Å². The van der Waals surface area contributed by atoms with Crippen molar-refractivity contribution in [3.63, 3.8) is 0 Å². The first-order valence-electron chi connectivity index (χ1n) is 5.42. The second-order valence-electron chi connectivity index (χ2n) is 5.35. The molecule has 0 heterocycles. The highest BCUT2D eigenvalue weighted by Gasteiger charge is 2.65. The van der Waals surface area contributed by atoms with Crippen LogP contribution in [0.1, 0.15) is 46.0 Å². The SMILES string of the molecule is CC1(C)CC1(C=C1CCCC1)C(=O)O. The minimum atomic E-state index is -0.637. The van der Waals surface area contributed by atoms with E-state index in [1.807, 2.05) is 13.8 Å². The third-order valence-electron chi connectivity index (χ3n) is 3.88. The van der Waals surface area contributed by atoms with Crippen molar-refractivity contribution in [3.05, 3.63) is 11.6 Å². The largest absolute Gasteiger partial charge is 0.481 e. The lowest BCUT2D eigenvalue weighted by Gasteiger charge is -2.12. The van der Waals surface area contributed by atoms with Crippen LogP contribution in [0.25, 0.3) is 0 Å². The number of aliphatic carboxylic acids is 1. The Bertz CT molecular complexity index is 293. The Balaban J connectivity index is 2.22. The molecule has 0 amide bonds. The number of allylic oxidation sites excluding steroid dienone is 1. The average molecular weight is 194 g/mol. The Kier molecular flexibility index (Phi) is 1.98. The number of hydrogen-bond donors (Lipinski definition) is 1. The quantitative estimate of drug-likeness (QED) is 0.686. The molecule has 0 aromatic carbocycles. The number of carbonyl (C=O) groups is 1. The van der Waals surface area contributed by atoms with Crippen molar-refractivity contribution in [1.82, 2.24) is 0 Å². The summed E-state index contributed by atoms with van der Waals surface area (Å²) in [6.45, 7) is 4.10. The molecule has 1 atom stereocenters. The molecule has 0 aromatic heterocycles. The van der Waals surface area contributed by atoms with Gasteiger partial charge in [-0.15, -0.1) is 0 Å². The molecule has 1 unspecified atom stereocenters. The Morgan fingerprint density at radius 1 is 1.36 bits per heavy atom. The van der Waals surface area contributed by atoms with E-state index >= 15 is 0 Å². The van der Waals surface area contributed by atoms with Gasteiger partial charge in [0, 0.05) is 0 Å². The molecule has 14 heavy (non-hydrogen) atoms. The van der Waals surface area contributed by atoms with Crippen LogP contribution in [-0.4, -0.2) is 11.1 Å². The van der Waals surface area contributed by atoms with Gasteiger partial charge in [-0.1, -0.05) is 25.5 Å². The van der Waals surface area contributed by atoms with Crippen LogP contribution >= 0.6 is 0 Å². The molecular weight excluding hydrogens is 176 g/mol. The maximum atomic E-state index is 11.2. The highest BCUT2D eigenvalue weighted by molar-refractivity contribution is 5.82. The second kappa shape index (κ2) is 2.85. The molecule has 0 saturated heterocycles. The van der Waals surface area contributed by atoms with Crippen molar-refractivity contribution in [2.24, 2.45) is 10.8 Å². The summed E-state index contributed by atoms with van der Waals surface area (Å²) in [5, 5.41) is 9.26. The zero-order chi connectivity index (χ0) is 10.4. The Morgan fingerprint density at radius 3 is 2.21 bits per heavy atom. The highest BCUT2D eigenvalue weighted by atomic mass is 16.4. The van der Waals surface area contributed by atoms with Gasteiger partial charge in [0.2, 0.25) is 0 Å². The molecule has 2 nitrogen and oxygen atoms in total. The van der Waals surface area contributed by atoms with Crippen molar-refractivity contribution in [3.8, 4) is 0 Å². The second-order valence-corrected chi connectivity index (χ2v) is 5.35. The molecule has 2 rings (SSSR count). The topological polar surface area (TPSA) is 37.3 Å². The molecule has 0 aliphatic heterocycles. The van der Waals surface area contributed by atoms with Crippen LogP contribution in [0, 0.1) is 10.8 Å². The van der Waals surface area contributed by atoms with E-state index in [0.717, 1.165) is 19.3 Å². The average Bonchev–Trinajstić information content (AvgIpc) is 2.49. The molecule has 0 aromatic rings. The van der Waals surface area contributed by atoms with E-state index < -0.39 is 11.4 Å². The van der Waals surface area contributed by atoms with Gasteiger partial charge in [0.25, 0.3) is 0 Å². The third kappa shape index (κ3) is 1.28. The predicted octanol–water partition coefficient (Wildman–Crippen LogP) is 2.99. The van der Waals surface area contributed by atoms with Gasteiger partial charge in [0.05, 0.1) is 5.41 Å². The van der Waals surface area contributed by atoms with Crippen LogP contribution in [0.5, 0.6) is 0 Å². The summed E-state index contributed by atoms with van der Waals surface area (Å²) in [6, 6.07) is 0. The summed E-state index contributed by atoms with van der Waals surface area (Å²) in [5.41, 5.74) is 0.805. The maximum absolute atomic E-state index is 11.2. The van der Waals surface area contributed by atoms with Crippen molar-refractivity contribution < 1.29 is 9.90 Å². The zero-order valence-corrected chi connectivity index (χ0v) is 8.97. The number of hydrogen-bond acceptors (Lipinski definition) is 1. The van der Waals surface area contributed by atoms with Crippen molar-refractivity contribution >= 4 is 5.97 Å². The minimum absolute atomic E-state index is 0.0333. The lowest BCUT2D eigenvalue weighted by atomic mass is 9.93. The molecule has 2 fully saturated rings. The summed E-state index contributed by atoms with van der Waals surface area (Å²) in [5.74, 6) is -0.637. The molecule has 2 heteroatoms. The van der Waals surface area contributed by atoms with Crippen LogP contribution in [0.2, 0.25) is 0 Å². The first-order valence-corrected chi connectivity index (χ1v) is 5.42. The third-order valence-corrected chi connectivity index (χ3v) is 3.88. The van der Waals surface area contributed by atoms with Crippen LogP contribution < -0.4 is 0 Å². The van der Waals surface area contributed by atoms with Crippen LogP contribution in [-0.2, 0) is 4.79 Å². The Hall–Kier alpha value is -0.790. The zero-order valence-electron chi connectivity index (χ0n) is 8.97. The Morgan fingerprint density at radius 2 is 1.86 bits per heavy atom. The molecule has 0 radical (unpaired) electrons. The molecular formula is C12H18O2. The van der Waals surface area contributed by atoms with E-state index in [9.17, 15) is 9.90 Å². The summed E-state index contributed by atoms with van der Waals surface area (Å²) in [6.07, 6.45) is 7.57. The van der Waals surface area contributed by atoms with Crippen LogP contribution in [0.15, 0.2) is 11.6 Å². The van der Waals surface area contributed by atoms with Crippen LogP contribution in [0.4, 0.5) is 0 Å². The van der Waals surface area contributed by atoms with Gasteiger partial charge in [0.15, 0.2) is 0 Å². The summed E-state index contributed by atoms with van der Waals surface area (Å²) < 4.78 is 0. The maximum Gasteiger partial charge on any atom is 0.314 e. The van der Waals surface area contributed by atoms with Gasteiger partial charge < -0.3 is 5.11 Å². The number of rotatable bonds is 2. The number of carboxylic acids is 1. The van der Waals surface area contributed by atoms with E-state index in [1.54, 1.807) is 0 Å². The first kappa shape index (κ1) is 9.75. The fraction of sp³-hybridized carbons (Fsp3) is 0.750. The fourth-order valence-electron chi connectivity index (χ4n) is 2.65. The van der Waals surface area contributed by atoms with Crippen molar-refractivity contribution in [2.75, 3.05) is 0 Å². The van der Waals surface area contributed by atoms with E-state index in [2.05, 4.69) is 6.08 Å². The summed E-state index contributed by atoms with van der Waals surface area (Å²) in [4.78, 5) is 11.2. The predicted molar refractivity (Wildman–Crippen MR) is 55.0 cm³/mol. The molecule has 0 bridgehead atoms. The van der Waals surface area contributed by atoms with E-state index in [1.165, 1.54) is 18.4 Å². The smallest absolute Gasteiger partial charge is 0.314 e. The fourth-order valence-corrected chi connectivity index (χ4v) is 2.65. The summed E-state index contributed by atoms with van der Waals surface area (Å²) >= 11 is 0. The molecule has 78 valence electrons. The molecule has 2 aliphatic carbocycles. The molecule has 1 N–H and O–H groups in total. The van der Waals surface area contributed by atoms with Gasteiger partial charge in [-0.3, -0.25) is 4.79 Å². The Labute approximate surface area is 85.0 Å². The molecule has 0 spiro atoms. The normalized spacial score (nSPS) is 34.3. The van der Waals surface area contributed by atoms with Gasteiger partial charge in [-0.05, 0) is 37.5 Å². The minimum Gasteiger partial charge on any atom is -0.481 e. The molecule has 2 saturated carbocycles. The van der Waals surface area contributed by atoms with E-state index in [-0.39, 0.29) is 5.41 Å². The van der Waals surface area contributed by atoms with E-state index in [4.69, 9.17) is 0 Å². The van der Waals surface area contributed by atoms with Gasteiger partial charge >= 0.3 is 5.97 Å². The lowest BCUT2D eigenvalue weighted by molar-refractivity contribution is -0.142. The van der Waals surface area contributed by atoms with Crippen molar-refractivity contribution in [1.29, 1.82) is 0 Å².